The Hall–Kier alpha value is -2.69. The second kappa shape index (κ2) is 5.52. The Morgan fingerprint density at radius 2 is 1.90 bits per heavy atom. The molecular weight excluding hydrogens is 252 g/mol. The second-order valence-corrected chi connectivity index (χ2v) is 4.32. The highest BCUT2D eigenvalue weighted by atomic mass is 16.5. The van der Waals surface area contributed by atoms with E-state index in [-0.39, 0.29) is 0 Å². The maximum Gasteiger partial charge on any atom is 0.181 e. The molecule has 3 aromatic rings. The van der Waals surface area contributed by atoms with Crippen LogP contribution < -0.4 is 4.74 Å². The average molecular weight is 266 g/mol. The molecule has 100 valence electrons. The summed E-state index contributed by atoms with van der Waals surface area (Å²) in [5.41, 5.74) is 1.92. The molecule has 1 aromatic carbocycles. The van der Waals surface area contributed by atoms with Crippen LogP contribution in [-0.4, -0.2) is 26.9 Å². The molecule has 3 rings (SSSR count). The second-order valence-electron chi connectivity index (χ2n) is 4.32. The predicted octanol–water partition coefficient (Wildman–Crippen LogP) is 2.40. The lowest BCUT2D eigenvalue weighted by atomic mass is 10.2. The van der Waals surface area contributed by atoms with Gasteiger partial charge in [-0.3, -0.25) is 4.98 Å². The molecule has 0 spiro atoms. The van der Waals surface area contributed by atoms with E-state index in [1.54, 1.807) is 24.3 Å². The summed E-state index contributed by atoms with van der Waals surface area (Å²) in [6.45, 7) is 0.615. The number of rotatable bonds is 4. The van der Waals surface area contributed by atoms with Gasteiger partial charge in [-0.15, -0.1) is 0 Å². The number of benzene rings is 1. The van der Waals surface area contributed by atoms with Gasteiger partial charge < -0.3 is 4.74 Å². The Bertz CT molecular complexity index is 677. The molecule has 0 aliphatic carbocycles. The molecule has 0 unspecified atom stereocenters. The standard InChI is InChI=1S/C15H14N4O/c1-20-14-7-5-12(6-8-14)15-17-11-19(18-15)10-13-4-2-3-9-16-13/h2-9,11H,10H2,1H3. The number of ether oxygens (including phenoxy) is 1. The topological polar surface area (TPSA) is 52.8 Å². The van der Waals surface area contributed by atoms with Gasteiger partial charge in [0.2, 0.25) is 0 Å². The molecule has 0 bridgehead atoms. The minimum atomic E-state index is 0.615. The molecule has 0 aliphatic rings. The zero-order valence-corrected chi connectivity index (χ0v) is 11.1. The van der Waals surface area contributed by atoms with Crippen LogP contribution in [0.5, 0.6) is 5.75 Å². The van der Waals surface area contributed by atoms with Crippen LogP contribution in [0.15, 0.2) is 55.0 Å². The lowest BCUT2D eigenvalue weighted by Gasteiger charge is -2.00. The number of aromatic nitrogens is 4. The summed E-state index contributed by atoms with van der Waals surface area (Å²) in [4.78, 5) is 8.59. The third-order valence-electron chi connectivity index (χ3n) is 2.93. The maximum absolute atomic E-state index is 5.13. The molecule has 0 N–H and O–H groups in total. The highest BCUT2D eigenvalue weighted by molar-refractivity contribution is 5.55. The van der Waals surface area contributed by atoms with Crippen LogP contribution >= 0.6 is 0 Å². The SMILES string of the molecule is COc1ccc(-c2ncn(Cc3ccccn3)n2)cc1. The molecule has 0 fully saturated rings. The number of hydrogen-bond acceptors (Lipinski definition) is 4. The van der Waals surface area contributed by atoms with Gasteiger partial charge in [0.05, 0.1) is 19.3 Å². The van der Waals surface area contributed by atoms with Crippen molar-refractivity contribution in [3.05, 3.63) is 60.7 Å². The smallest absolute Gasteiger partial charge is 0.181 e. The zero-order valence-electron chi connectivity index (χ0n) is 11.1. The molecule has 5 heteroatoms. The van der Waals surface area contributed by atoms with Crippen molar-refractivity contribution in [2.45, 2.75) is 6.54 Å². The van der Waals surface area contributed by atoms with Gasteiger partial charge in [0, 0.05) is 11.8 Å². The van der Waals surface area contributed by atoms with Crippen LogP contribution in [-0.2, 0) is 6.54 Å². The molecule has 20 heavy (non-hydrogen) atoms. The normalized spacial score (nSPS) is 10.4. The van der Waals surface area contributed by atoms with Crippen LogP contribution in [0.1, 0.15) is 5.69 Å². The van der Waals surface area contributed by atoms with E-state index in [9.17, 15) is 0 Å². The Kier molecular flexibility index (Phi) is 3.41. The van der Waals surface area contributed by atoms with E-state index in [0.29, 0.717) is 12.4 Å². The fraction of sp³-hybridized carbons (Fsp3) is 0.133. The van der Waals surface area contributed by atoms with Gasteiger partial charge in [-0.2, -0.15) is 5.10 Å². The molecule has 0 saturated carbocycles. The molecule has 0 atom stereocenters. The van der Waals surface area contributed by atoms with Gasteiger partial charge in [-0.1, -0.05) is 6.07 Å². The quantitative estimate of drug-likeness (QED) is 0.727. The number of methoxy groups -OCH3 is 1. The predicted molar refractivity (Wildman–Crippen MR) is 75.3 cm³/mol. The summed E-state index contributed by atoms with van der Waals surface area (Å²) in [6, 6.07) is 13.5. The van der Waals surface area contributed by atoms with Crippen molar-refractivity contribution >= 4 is 0 Å². The van der Waals surface area contributed by atoms with Crippen LogP contribution in [0.2, 0.25) is 0 Å². The summed E-state index contributed by atoms with van der Waals surface area (Å²) < 4.78 is 6.91. The lowest BCUT2D eigenvalue weighted by molar-refractivity contribution is 0.415. The van der Waals surface area contributed by atoms with E-state index in [2.05, 4.69) is 15.1 Å². The summed E-state index contributed by atoms with van der Waals surface area (Å²) in [5.74, 6) is 1.52. The van der Waals surface area contributed by atoms with Gasteiger partial charge >= 0.3 is 0 Å². The fourth-order valence-corrected chi connectivity index (χ4v) is 1.90. The van der Waals surface area contributed by atoms with E-state index < -0.39 is 0 Å². The Balaban J connectivity index is 1.79. The van der Waals surface area contributed by atoms with Crippen molar-refractivity contribution in [3.63, 3.8) is 0 Å². The van der Waals surface area contributed by atoms with E-state index in [0.717, 1.165) is 17.0 Å². The highest BCUT2D eigenvalue weighted by Gasteiger charge is 2.05. The summed E-state index contributed by atoms with van der Waals surface area (Å²) in [5, 5.41) is 4.46. The largest absolute Gasteiger partial charge is 0.497 e. The number of nitrogens with zero attached hydrogens (tertiary/aromatic N) is 4. The minimum Gasteiger partial charge on any atom is -0.497 e. The van der Waals surface area contributed by atoms with Crippen molar-refractivity contribution < 1.29 is 4.74 Å². The van der Waals surface area contributed by atoms with Crippen molar-refractivity contribution in [1.29, 1.82) is 0 Å². The summed E-state index contributed by atoms with van der Waals surface area (Å²) in [6.07, 6.45) is 3.49. The van der Waals surface area contributed by atoms with Gasteiger partial charge in [0.1, 0.15) is 12.1 Å². The number of hydrogen-bond donors (Lipinski definition) is 0. The monoisotopic (exact) mass is 266 g/mol. The van der Waals surface area contributed by atoms with Gasteiger partial charge in [-0.25, -0.2) is 9.67 Å². The molecule has 0 amide bonds. The molecule has 0 aliphatic heterocycles. The third kappa shape index (κ3) is 2.66. The lowest BCUT2D eigenvalue weighted by Crippen LogP contribution is -2.01. The molecule has 2 heterocycles. The summed E-state index contributed by atoms with van der Waals surface area (Å²) in [7, 11) is 1.65. The highest BCUT2D eigenvalue weighted by Crippen LogP contribution is 2.18. The Morgan fingerprint density at radius 3 is 2.60 bits per heavy atom. The van der Waals surface area contributed by atoms with Crippen molar-refractivity contribution in [3.8, 4) is 17.1 Å². The van der Waals surface area contributed by atoms with Crippen molar-refractivity contribution in [2.24, 2.45) is 0 Å². The molecular formula is C15H14N4O. The van der Waals surface area contributed by atoms with Crippen LogP contribution in [0, 0.1) is 0 Å². The maximum atomic E-state index is 5.13. The van der Waals surface area contributed by atoms with E-state index in [4.69, 9.17) is 4.74 Å². The Labute approximate surface area is 116 Å². The van der Waals surface area contributed by atoms with Gasteiger partial charge in [0.25, 0.3) is 0 Å². The van der Waals surface area contributed by atoms with Gasteiger partial charge in [0.15, 0.2) is 5.82 Å². The third-order valence-corrected chi connectivity index (χ3v) is 2.93. The molecule has 2 aromatic heterocycles. The number of pyridine rings is 1. The first-order chi connectivity index (χ1) is 9.85. The molecule has 0 radical (unpaired) electrons. The fourth-order valence-electron chi connectivity index (χ4n) is 1.90. The van der Waals surface area contributed by atoms with Crippen molar-refractivity contribution in [2.75, 3.05) is 7.11 Å². The first-order valence-corrected chi connectivity index (χ1v) is 6.29. The minimum absolute atomic E-state index is 0.615. The van der Waals surface area contributed by atoms with Crippen LogP contribution in [0.3, 0.4) is 0 Å². The molecule has 0 saturated heterocycles. The first kappa shape index (κ1) is 12.3. The van der Waals surface area contributed by atoms with Crippen LogP contribution in [0.25, 0.3) is 11.4 Å². The van der Waals surface area contributed by atoms with E-state index >= 15 is 0 Å². The molecule has 5 nitrogen and oxygen atoms in total. The first-order valence-electron chi connectivity index (χ1n) is 6.29. The Morgan fingerprint density at radius 1 is 1.05 bits per heavy atom. The average Bonchev–Trinajstić information content (AvgIpc) is 2.97. The zero-order chi connectivity index (χ0) is 13.8. The summed E-state index contributed by atoms with van der Waals surface area (Å²) >= 11 is 0. The van der Waals surface area contributed by atoms with Crippen LogP contribution in [0.4, 0.5) is 0 Å². The van der Waals surface area contributed by atoms with E-state index in [1.807, 2.05) is 42.5 Å². The van der Waals surface area contributed by atoms with E-state index in [1.165, 1.54) is 0 Å². The van der Waals surface area contributed by atoms with Crippen molar-refractivity contribution in [1.82, 2.24) is 19.7 Å². The van der Waals surface area contributed by atoms with Gasteiger partial charge in [-0.05, 0) is 36.4 Å².